The summed E-state index contributed by atoms with van der Waals surface area (Å²) in [4.78, 5) is 24.1. The number of aliphatic carboxylic acids is 1. The first kappa shape index (κ1) is 14.5. The van der Waals surface area contributed by atoms with Gasteiger partial charge in [0.1, 0.15) is 11.5 Å². The quantitative estimate of drug-likeness (QED) is 0.807. The standard InChI is InChI=1S/C13H14ClNO5/c1-19-10-5-11(20-2)9(4-8(10)14)15-6-7(13(17)18)3-12(15)16/h4-5,7H,3,6H2,1-2H3,(H,17,18)/p-1/t7-/m0/s1. The third kappa shape index (κ3) is 2.51. The molecule has 0 spiro atoms. The average Bonchev–Trinajstić information content (AvgIpc) is 2.80. The average molecular weight is 299 g/mol. The molecule has 108 valence electrons. The molecule has 1 aromatic rings. The van der Waals surface area contributed by atoms with Crippen molar-refractivity contribution in [2.75, 3.05) is 25.7 Å². The SMILES string of the molecule is COc1cc(OC)c(N2C[C@@H](C(=O)[O-])CC2=O)cc1Cl. The third-order valence-electron chi connectivity index (χ3n) is 3.20. The molecule has 0 N–H and O–H groups in total. The van der Waals surface area contributed by atoms with Crippen molar-refractivity contribution in [3.05, 3.63) is 17.2 Å². The second kappa shape index (κ2) is 5.58. The number of carboxylic acid groups (broad SMARTS) is 1. The Morgan fingerprint density at radius 3 is 2.50 bits per heavy atom. The highest BCUT2D eigenvalue weighted by molar-refractivity contribution is 6.32. The van der Waals surface area contributed by atoms with Crippen molar-refractivity contribution in [2.24, 2.45) is 5.92 Å². The van der Waals surface area contributed by atoms with Crippen molar-refractivity contribution in [1.82, 2.24) is 0 Å². The van der Waals surface area contributed by atoms with Gasteiger partial charge in [0.2, 0.25) is 5.91 Å². The molecular formula is C13H13ClNO5-. The highest BCUT2D eigenvalue weighted by Gasteiger charge is 2.33. The molecule has 1 aliphatic rings. The Morgan fingerprint density at radius 1 is 1.35 bits per heavy atom. The van der Waals surface area contributed by atoms with E-state index in [-0.39, 0.29) is 18.9 Å². The smallest absolute Gasteiger partial charge is 0.227 e. The van der Waals surface area contributed by atoms with Crippen LogP contribution >= 0.6 is 11.6 Å². The number of carbonyl (C=O) groups excluding carboxylic acids is 2. The number of carboxylic acids is 1. The number of anilines is 1. The van der Waals surface area contributed by atoms with Crippen LogP contribution in [0.4, 0.5) is 5.69 Å². The molecule has 7 heteroatoms. The number of hydrogen-bond donors (Lipinski definition) is 0. The third-order valence-corrected chi connectivity index (χ3v) is 3.50. The first-order chi connectivity index (χ1) is 9.47. The second-order valence-corrected chi connectivity index (χ2v) is 4.79. The molecule has 0 aliphatic carbocycles. The van der Waals surface area contributed by atoms with E-state index in [9.17, 15) is 14.7 Å². The fourth-order valence-electron chi connectivity index (χ4n) is 2.15. The van der Waals surface area contributed by atoms with Crippen LogP contribution in [-0.2, 0) is 9.59 Å². The van der Waals surface area contributed by atoms with E-state index in [1.165, 1.54) is 25.2 Å². The van der Waals surface area contributed by atoms with Gasteiger partial charge in [0.15, 0.2) is 0 Å². The molecule has 0 bridgehead atoms. The summed E-state index contributed by atoms with van der Waals surface area (Å²) in [5.74, 6) is -1.57. The first-order valence-electron chi connectivity index (χ1n) is 5.90. The number of rotatable bonds is 4. The van der Waals surface area contributed by atoms with Gasteiger partial charge < -0.3 is 24.3 Å². The van der Waals surface area contributed by atoms with Crippen LogP contribution in [0.3, 0.4) is 0 Å². The summed E-state index contributed by atoms with van der Waals surface area (Å²) >= 11 is 6.04. The van der Waals surface area contributed by atoms with E-state index in [4.69, 9.17) is 21.1 Å². The van der Waals surface area contributed by atoms with E-state index in [2.05, 4.69) is 0 Å². The van der Waals surface area contributed by atoms with Crippen LogP contribution in [0.15, 0.2) is 12.1 Å². The summed E-state index contributed by atoms with van der Waals surface area (Å²) in [5.41, 5.74) is 0.423. The molecule has 0 unspecified atom stereocenters. The van der Waals surface area contributed by atoms with Gasteiger partial charge in [-0.05, 0) is 6.07 Å². The largest absolute Gasteiger partial charge is 0.550 e. The monoisotopic (exact) mass is 298 g/mol. The van der Waals surface area contributed by atoms with Gasteiger partial charge in [-0.25, -0.2) is 0 Å². The summed E-state index contributed by atoms with van der Waals surface area (Å²) in [6.45, 7) is 0.0418. The molecule has 1 fully saturated rings. The Bertz CT molecular complexity index is 560. The fourth-order valence-corrected chi connectivity index (χ4v) is 2.39. The van der Waals surface area contributed by atoms with Crippen molar-refractivity contribution in [2.45, 2.75) is 6.42 Å². The highest BCUT2D eigenvalue weighted by Crippen LogP contribution is 2.40. The Balaban J connectivity index is 2.40. The Morgan fingerprint density at radius 2 is 2.00 bits per heavy atom. The van der Waals surface area contributed by atoms with E-state index in [1.807, 2.05) is 0 Å². The first-order valence-corrected chi connectivity index (χ1v) is 6.28. The van der Waals surface area contributed by atoms with E-state index in [1.54, 1.807) is 6.07 Å². The zero-order valence-corrected chi connectivity index (χ0v) is 11.8. The van der Waals surface area contributed by atoms with Crippen molar-refractivity contribution < 1.29 is 24.2 Å². The highest BCUT2D eigenvalue weighted by atomic mass is 35.5. The number of amides is 1. The maximum atomic E-state index is 11.9. The lowest BCUT2D eigenvalue weighted by Gasteiger charge is -2.21. The molecule has 1 amide bonds. The van der Waals surface area contributed by atoms with Crippen LogP contribution in [0, 0.1) is 5.92 Å². The summed E-state index contributed by atoms with van der Waals surface area (Å²) in [6.07, 6.45) is -0.0882. The minimum atomic E-state index is -1.24. The zero-order valence-electron chi connectivity index (χ0n) is 11.0. The van der Waals surface area contributed by atoms with Gasteiger partial charge in [-0.2, -0.15) is 0 Å². The zero-order chi connectivity index (χ0) is 14.9. The topological polar surface area (TPSA) is 78.9 Å². The maximum Gasteiger partial charge on any atom is 0.227 e. The number of ether oxygens (including phenoxy) is 2. The van der Waals surface area contributed by atoms with Gasteiger partial charge in [-0.1, -0.05) is 11.6 Å². The van der Waals surface area contributed by atoms with E-state index in [0.717, 1.165) is 0 Å². The molecule has 1 saturated heterocycles. The summed E-state index contributed by atoms with van der Waals surface area (Å²) < 4.78 is 10.3. The van der Waals surface area contributed by atoms with Crippen molar-refractivity contribution >= 4 is 29.2 Å². The molecule has 6 nitrogen and oxygen atoms in total. The van der Waals surface area contributed by atoms with Gasteiger partial charge in [0, 0.05) is 30.9 Å². The Hall–Kier alpha value is -1.95. The normalized spacial score (nSPS) is 18.2. The molecule has 0 aromatic heterocycles. The minimum absolute atomic E-state index is 0.0418. The molecule has 0 radical (unpaired) electrons. The minimum Gasteiger partial charge on any atom is -0.550 e. The van der Waals surface area contributed by atoms with Gasteiger partial charge >= 0.3 is 0 Å². The van der Waals surface area contributed by atoms with Crippen LogP contribution in [0.1, 0.15) is 6.42 Å². The lowest BCUT2D eigenvalue weighted by Crippen LogP contribution is -2.33. The van der Waals surface area contributed by atoms with Crippen molar-refractivity contribution in [3.8, 4) is 11.5 Å². The van der Waals surface area contributed by atoms with E-state index >= 15 is 0 Å². The van der Waals surface area contributed by atoms with Gasteiger partial charge in [-0.3, -0.25) is 4.79 Å². The van der Waals surface area contributed by atoms with Crippen molar-refractivity contribution in [1.29, 1.82) is 0 Å². The molecule has 20 heavy (non-hydrogen) atoms. The van der Waals surface area contributed by atoms with Crippen molar-refractivity contribution in [3.63, 3.8) is 0 Å². The van der Waals surface area contributed by atoms with Gasteiger partial charge in [0.05, 0.1) is 24.9 Å². The predicted octanol–water partition coefficient (Wildman–Crippen LogP) is 0.460. The van der Waals surface area contributed by atoms with Gasteiger partial charge in [0.25, 0.3) is 0 Å². The number of halogens is 1. The number of hydrogen-bond acceptors (Lipinski definition) is 5. The Labute approximate surface area is 120 Å². The molecule has 1 aromatic carbocycles. The van der Waals surface area contributed by atoms with Crippen LogP contribution < -0.4 is 19.5 Å². The number of benzene rings is 1. The predicted molar refractivity (Wildman–Crippen MR) is 70.0 cm³/mol. The van der Waals surface area contributed by atoms with Crippen LogP contribution in [0.2, 0.25) is 5.02 Å². The molecular weight excluding hydrogens is 286 g/mol. The Kier molecular flexibility index (Phi) is 4.04. The summed E-state index contributed by atoms with van der Waals surface area (Å²) in [7, 11) is 2.91. The van der Waals surface area contributed by atoms with Crippen LogP contribution in [-0.4, -0.2) is 32.6 Å². The second-order valence-electron chi connectivity index (χ2n) is 4.38. The molecule has 1 aliphatic heterocycles. The van der Waals surface area contributed by atoms with E-state index in [0.29, 0.717) is 22.2 Å². The molecule has 2 rings (SSSR count). The lowest BCUT2D eigenvalue weighted by atomic mass is 10.1. The molecule has 0 saturated carbocycles. The number of carbonyl (C=O) groups is 2. The fraction of sp³-hybridized carbons (Fsp3) is 0.385. The number of methoxy groups -OCH3 is 2. The van der Waals surface area contributed by atoms with E-state index < -0.39 is 11.9 Å². The van der Waals surface area contributed by atoms with Gasteiger partial charge in [-0.15, -0.1) is 0 Å². The number of nitrogens with zero attached hydrogens (tertiary/aromatic N) is 1. The summed E-state index contributed by atoms with van der Waals surface area (Å²) in [5, 5.41) is 11.2. The molecule has 1 atom stereocenters. The van der Waals surface area contributed by atoms with Crippen LogP contribution in [0.25, 0.3) is 0 Å². The summed E-state index contributed by atoms with van der Waals surface area (Å²) in [6, 6.07) is 3.08. The lowest BCUT2D eigenvalue weighted by molar-refractivity contribution is -0.310. The molecule has 1 heterocycles. The van der Waals surface area contributed by atoms with Crippen LogP contribution in [0.5, 0.6) is 11.5 Å². The maximum absolute atomic E-state index is 11.9.